The molecule has 0 aliphatic carbocycles. The predicted molar refractivity (Wildman–Crippen MR) is 142 cm³/mol. The van der Waals surface area contributed by atoms with Gasteiger partial charge in [-0.25, -0.2) is 8.42 Å². The van der Waals surface area contributed by atoms with Gasteiger partial charge >= 0.3 is 0 Å². The van der Waals surface area contributed by atoms with Crippen LogP contribution < -0.4 is 10.2 Å². The zero-order valence-corrected chi connectivity index (χ0v) is 22.2. The summed E-state index contributed by atoms with van der Waals surface area (Å²) in [7, 11) is -3.54. The highest BCUT2D eigenvalue weighted by atomic mass is 32.2. The summed E-state index contributed by atoms with van der Waals surface area (Å²) in [6, 6.07) is 11.4. The molecule has 1 amide bonds. The molecule has 1 N–H and O–H groups in total. The van der Waals surface area contributed by atoms with Crippen molar-refractivity contribution in [2.45, 2.75) is 45.4 Å². The molecule has 2 heterocycles. The third kappa shape index (κ3) is 5.71. The second-order valence-corrected chi connectivity index (χ2v) is 11.8. The van der Waals surface area contributed by atoms with E-state index in [1.807, 2.05) is 32.0 Å². The molecule has 0 saturated carbocycles. The number of rotatable bonds is 6. The van der Waals surface area contributed by atoms with Crippen molar-refractivity contribution in [2.24, 2.45) is 5.92 Å². The first-order chi connectivity index (χ1) is 16.7. The number of piperazine rings is 1. The van der Waals surface area contributed by atoms with E-state index in [-0.39, 0.29) is 11.8 Å². The van der Waals surface area contributed by atoms with Crippen LogP contribution >= 0.6 is 0 Å². The number of hydrogen-bond acceptors (Lipinski definition) is 5. The summed E-state index contributed by atoms with van der Waals surface area (Å²) in [5, 5.41) is 3.06. The van der Waals surface area contributed by atoms with Crippen LogP contribution in [0, 0.1) is 26.7 Å². The Kier molecular flexibility index (Phi) is 7.83. The smallest absolute Gasteiger partial charge is 0.243 e. The highest BCUT2D eigenvalue weighted by Crippen LogP contribution is 2.28. The standard InChI is InChI=1S/C27H38N4O3S/c1-5-29-14-16-30(17-15-29)26-9-7-24(18-22(26)4)28-27(32)23-10-12-31(13-11-23)35(33,34)25-8-6-20(2)21(3)19-25/h6-9,18-19,23H,5,10-17H2,1-4H3,(H,28,32). The summed E-state index contributed by atoms with van der Waals surface area (Å²) in [6.45, 7) is 14.2. The topological polar surface area (TPSA) is 73.0 Å². The first-order valence-electron chi connectivity index (χ1n) is 12.6. The molecule has 2 saturated heterocycles. The van der Waals surface area contributed by atoms with E-state index in [1.54, 1.807) is 12.1 Å². The molecule has 4 rings (SSSR count). The summed E-state index contributed by atoms with van der Waals surface area (Å²) in [5.41, 5.74) is 5.21. The summed E-state index contributed by atoms with van der Waals surface area (Å²) in [5.74, 6) is -0.222. The van der Waals surface area contributed by atoms with E-state index >= 15 is 0 Å². The fourth-order valence-corrected chi connectivity index (χ4v) is 6.57. The Balaban J connectivity index is 1.33. The van der Waals surface area contributed by atoms with Crippen LogP contribution in [0.1, 0.15) is 36.5 Å². The molecule has 7 nitrogen and oxygen atoms in total. The zero-order valence-electron chi connectivity index (χ0n) is 21.4. The third-order valence-electron chi connectivity index (χ3n) is 7.57. The molecule has 2 fully saturated rings. The largest absolute Gasteiger partial charge is 0.369 e. The van der Waals surface area contributed by atoms with Gasteiger partial charge in [0.1, 0.15) is 0 Å². The van der Waals surface area contributed by atoms with Crippen LogP contribution in [0.3, 0.4) is 0 Å². The van der Waals surface area contributed by atoms with E-state index in [1.165, 1.54) is 9.99 Å². The number of anilines is 2. The Bertz CT molecular complexity index is 1160. The van der Waals surface area contributed by atoms with Crippen molar-refractivity contribution in [3.63, 3.8) is 0 Å². The minimum absolute atomic E-state index is 0.0306. The maximum Gasteiger partial charge on any atom is 0.243 e. The van der Waals surface area contributed by atoms with Crippen molar-refractivity contribution in [3.05, 3.63) is 53.1 Å². The Morgan fingerprint density at radius 2 is 1.57 bits per heavy atom. The highest BCUT2D eigenvalue weighted by molar-refractivity contribution is 7.89. The molecule has 2 aromatic carbocycles. The molecule has 0 radical (unpaired) electrons. The second-order valence-electron chi connectivity index (χ2n) is 9.84. The summed E-state index contributed by atoms with van der Waals surface area (Å²) in [4.78, 5) is 18.1. The maximum atomic E-state index is 13.1. The lowest BCUT2D eigenvalue weighted by molar-refractivity contribution is -0.120. The number of nitrogens with zero attached hydrogens (tertiary/aromatic N) is 3. The number of hydrogen-bond donors (Lipinski definition) is 1. The minimum Gasteiger partial charge on any atom is -0.369 e. The van der Waals surface area contributed by atoms with Crippen LogP contribution in [0.4, 0.5) is 11.4 Å². The predicted octanol–water partition coefficient (Wildman–Crippen LogP) is 3.79. The van der Waals surface area contributed by atoms with Gasteiger partial charge in [0.2, 0.25) is 15.9 Å². The second kappa shape index (κ2) is 10.7. The maximum absolute atomic E-state index is 13.1. The monoisotopic (exact) mass is 498 g/mol. The Morgan fingerprint density at radius 3 is 2.17 bits per heavy atom. The molecular formula is C27H38N4O3S. The average Bonchev–Trinajstić information content (AvgIpc) is 2.86. The number of likely N-dealkylation sites (N-methyl/N-ethyl adjacent to an activating group) is 1. The van der Waals surface area contributed by atoms with Gasteiger partial charge in [0, 0.05) is 56.6 Å². The Morgan fingerprint density at radius 1 is 0.886 bits per heavy atom. The molecule has 35 heavy (non-hydrogen) atoms. The minimum atomic E-state index is -3.54. The van der Waals surface area contributed by atoms with E-state index < -0.39 is 10.0 Å². The Labute approximate surface area is 210 Å². The van der Waals surface area contributed by atoms with Crippen LogP contribution in [0.5, 0.6) is 0 Å². The van der Waals surface area contributed by atoms with Gasteiger partial charge in [-0.3, -0.25) is 4.79 Å². The van der Waals surface area contributed by atoms with Gasteiger partial charge < -0.3 is 15.1 Å². The SMILES string of the molecule is CCN1CCN(c2ccc(NC(=O)C3CCN(S(=O)(=O)c4ccc(C)c(C)c4)CC3)cc2C)CC1. The van der Waals surface area contributed by atoms with Crippen molar-refractivity contribution < 1.29 is 13.2 Å². The number of nitrogens with one attached hydrogen (secondary N) is 1. The van der Waals surface area contributed by atoms with Crippen LogP contribution in [-0.2, 0) is 14.8 Å². The van der Waals surface area contributed by atoms with Gasteiger partial charge in [-0.2, -0.15) is 4.31 Å². The van der Waals surface area contributed by atoms with Crippen LogP contribution in [0.25, 0.3) is 0 Å². The molecule has 2 aliphatic rings. The number of sulfonamides is 1. The molecule has 2 aliphatic heterocycles. The van der Waals surface area contributed by atoms with Crippen molar-refractivity contribution in [1.29, 1.82) is 0 Å². The molecule has 0 spiro atoms. The quantitative estimate of drug-likeness (QED) is 0.656. The molecule has 0 atom stereocenters. The van der Waals surface area contributed by atoms with Gasteiger partial charge in [0.25, 0.3) is 0 Å². The number of benzene rings is 2. The van der Waals surface area contributed by atoms with E-state index in [4.69, 9.17) is 0 Å². The molecule has 0 unspecified atom stereocenters. The fraction of sp³-hybridized carbons (Fsp3) is 0.519. The van der Waals surface area contributed by atoms with Crippen LogP contribution in [0.15, 0.2) is 41.3 Å². The molecule has 2 aromatic rings. The van der Waals surface area contributed by atoms with Gasteiger partial charge in [0.05, 0.1) is 4.90 Å². The number of aryl methyl sites for hydroxylation is 3. The van der Waals surface area contributed by atoms with Crippen molar-refractivity contribution in [1.82, 2.24) is 9.21 Å². The summed E-state index contributed by atoms with van der Waals surface area (Å²) in [6.07, 6.45) is 1.04. The Hall–Kier alpha value is -2.42. The van der Waals surface area contributed by atoms with E-state index in [9.17, 15) is 13.2 Å². The molecule has 0 bridgehead atoms. The van der Waals surface area contributed by atoms with Crippen molar-refractivity contribution in [2.75, 3.05) is 56.0 Å². The van der Waals surface area contributed by atoms with E-state index in [2.05, 4.69) is 35.0 Å². The average molecular weight is 499 g/mol. The summed E-state index contributed by atoms with van der Waals surface area (Å²) >= 11 is 0. The zero-order chi connectivity index (χ0) is 25.2. The highest BCUT2D eigenvalue weighted by Gasteiger charge is 2.32. The number of carbonyl (C=O) groups excluding carboxylic acids is 1. The molecule has 8 heteroatoms. The number of carbonyl (C=O) groups is 1. The molecular weight excluding hydrogens is 460 g/mol. The number of piperidine rings is 1. The van der Waals surface area contributed by atoms with E-state index in [0.717, 1.165) is 55.1 Å². The van der Waals surface area contributed by atoms with Gasteiger partial charge in [-0.15, -0.1) is 0 Å². The molecule has 190 valence electrons. The molecule has 0 aromatic heterocycles. The first kappa shape index (κ1) is 25.7. The first-order valence-corrected chi connectivity index (χ1v) is 14.1. The fourth-order valence-electron chi connectivity index (χ4n) is 5.02. The summed E-state index contributed by atoms with van der Waals surface area (Å²) < 4.78 is 27.7. The van der Waals surface area contributed by atoms with Crippen LogP contribution in [0.2, 0.25) is 0 Å². The normalized spacial score (nSPS) is 18.6. The van der Waals surface area contributed by atoms with Crippen molar-refractivity contribution in [3.8, 4) is 0 Å². The lowest BCUT2D eigenvalue weighted by Crippen LogP contribution is -2.46. The van der Waals surface area contributed by atoms with Gasteiger partial charge in [0.15, 0.2) is 0 Å². The van der Waals surface area contributed by atoms with Gasteiger partial charge in [-0.05, 0) is 87.2 Å². The lowest BCUT2D eigenvalue weighted by atomic mass is 9.97. The lowest BCUT2D eigenvalue weighted by Gasteiger charge is -2.36. The van der Waals surface area contributed by atoms with Crippen LogP contribution in [-0.4, -0.2) is 69.3 Å². The number of amides is 1. The van der Waals surface area contributed by atoms with E-state index in [0.29, 0.717) is 30.8 Å². The van der Waals surface area contributed by atoms with Gasteiger partial charge in [-0.1, -0.05) is 13.0 Å². The third-order valence-corrected chi connectivity index (χ3v) is 9.46. The van der Waals surface area contributed by atoms with Crippen molar-refractivity contribution >= 4 is 27.3 Å².